The molecule has 1 aromatic rings. The molecule has 14 heavy (non-hydrogen) atoms. The van der Waals surface area contributed by atoms with Gasteiger partial charge in [0.2, 0.25) is 0 Å². The van der Waals surface area contributed by atoms with Gasteiger partial charge < -0.3 is 0 Å². The van der Waals surface area contributed by atoms with E-state index in [0.717, 1.165) is 5.57 Å². The van der Waals surface area contributed by atoms with Gasteiger partial charge in [-0.15, -0.1) is 0 Å². The third-order valence-electron chi connectivity index (χ3n) is 1.49. The van der Waals surface area contributed by atoms with Gasteiger partial charge in [-0.3, -0.25) is 4.68 Å². The molecule has 0 N–H and O–H groups in total. The topological polar surface area (TPSA) is 52.0 Å². The van der Waals surface area contributed by atoms with Crippen LogP contribution in [0.15, 0.2) is 28.4 Å². The number of rotatable bonds is 3. The first-order valence-electron chi connectivity index (χ1n) is 3.66. The number of halogens is 2. The molecule has 0 aliphatic rings. The van der Waals surface area contributed by atoms with Crippen LogP contribution in [0.25, 0.3) is 0 Å². The predicted octanol–water partition coefficient (Wildman–Crippen LogP) is 1.95. The molecule has 7 heteroatoms. The zero-order chi connectivity index (χ0) is 10.8. The Balaban J connectivity index is 2.90. The Bertz CT molecular complexity index is 450. The largest absolute Gasteiger partial charge is 0.267 e. The lowest BCUT2D eigenvalue weighted by atomic mass is 10.3. The SMILES string of the molecule is C/C(=C/Cl)Cn1cc(S(=O)(=O)Cl)cn1. The molecule has 0 bridgehead atoms. The van der Waals surface area contributed by atoms with Crippen LogP contribution in [0.2, 0.25) is 0 Å². The first kappa shape index (κ1) is 11.6. The molecule has 0 saturated carbocycles. The quantitative estimate of drug-likeness (QED) is 0.775. The number of allylic oxidation sites excluding steroid dienone is 1. The Labute approximate surface area is 91.5 Å². The summed E-state index contributed by atoms with van der Waals surface area (Å²) in [4.78, 5) is -0.0125. The molecule has 0 spiro atoms. The van der Waals surface area contributed by atoms with Crippen LogP contribution in [0, 0.1) is 0 Å². The van der Waals surface area contributed by atoms with Crippen LogP contribution in [0.5, 0.6) is 0 Å². The van der Waals surface area contributed by atoms with E-state index in [1.807, 2.05) is 6.92 Å². The molecule has 0 unspecified atom stereocenters. The lowest BCUT2D eigenvalue weighted by Crippen LogP contribution is -1.98. The Morgan fingerprint density at radius 3 is 2.79 bits per heavy atom. The summed E-state index contributed by atoms with van der Waals surface area (Å²) in [5.41, 5.74) is 2.28. The molecule has 0 saturated heterocycles. The summed E-state index contributed by atoms with van der Waals surface area (Å²) in [6.07, 6.45) is 2.55. The van der Waals surface area contributed by atoms with Crippen LogP contribution in [-0.2, 0) is 15.6 Å². The Kier molecular flexibility index (Phi) is 3.58. The number of hydrogen-bond donors (Lipinski definition) is 0. The van der Waals surface area contributed by atoms with Gasteiger partial charge >= 0.3 is 0 Å². The summed E-state index contributed by atoms with van der Waals surface area (Å²) >= 11 is 5.45. The van der Waals surface area contributed by atoms with Gasteiger partial charge in [-0.05, 0) is 12.5 Å². The van der Waals surface area contributed by atoms with Crippen LogP contribution in [-0.4, -0.2) is 18.2 Å². The van der Waals surface area contributed by atoms with Crippen molar-refractivity contribution < 1.29 is 8.42 Å². The normalized spacial score (nSPS) is 13.2. The van der Waals surface area contributed by atoms with Gasteiger partial charge in [0, 0.05) is 22.4 Å². The maximum atomic E-state index is 10.9. The molecule has 0 radical (unpaired) electrons. The summed E-state index contributed by atoms with van der Waals surface area (Å²) in [5, 5.41) is 3.82. The van der Waals surface area contributed by atoms with Crippen LogP contribution >= 0.6 is 22.3 Å². The highest BCUT2D eigenvalue weighted by Crippen LogP contribution is 2.13. The molecule has 0 aliphatic heterocycles. The molecule has 0 aliphatic carbocycles. The summed E-state index contributed by atoms with van der Waals surface area (Å²) in [5.74, 6) is 0. The van der Waals surface area contributed by atoms with Crippen molar-refractivity contribution in [3.05, 3.63) is 23.5 Å². The Morgan fingerprint density at radius 1 is 1.71 bits per heavy atom. The fraction of sp³-hybridized carbons (Fsp3) is 0.286. The second-order valence-corrected chi connectivity index (χ2v) is 5.55. The molecular formula is C7H8Cl2N2O2S. The summed E-state index contributed by atoms with van der Waals surface area (Å²) in [6.45, 7) is 2.25. The molecule has 1 aromatic heterocycles. The molecule has 4 nitrogen and oxygen atoms in total. The average molecular weight is 255 g/mol. The highest BCUT2D eigenvalue weighted by atomic mass is 35.7. The van der Waals surface area contributed by atoms with Crippen molar-refractivity contribution in [2.75, 3.05) is 0 Å². The van der Waals surface area contributed by atoms with E-state index in [4.69, 9.17) is 22.3 Å². The smallest absolute Gasteiger partial charge is 0.264 e. The monoisotopic (exact) mass is 254 g/mol. The van der Waals surface area contributed by atoms with E-state index in [2.05, 4.69) is 5.10 Å². The first-order chi connectivity index (χ1) is 6.43. The van der Waals surface area contributed by atoms with Crippen molar-refractivity contribution in [1.29, 1.82) is 0 Å². The summed E-state index contributed by atoms with van der Waals surface area (Å²) < 4.78 is 23.2. The van der Waals surface area contributed by atoms with E-state index in [-0.39, 0.29) is 4.90 Å². The zero-order valence-electron chi connectivity index (χ0n) is 7.31. The van der Waals surface area contributed by atoms with E-state index < -0.39 is 9.05 Å². The maximum Gasteiger partial charge on any atom is 0.264 e. The Morgan fingerprint density at radius 2 is 2.36 bits per heavy atom. The fourth-order valence-electron chi connectivity index (χ4n) is 0.847. The highest BCUT2D eigenvalue weighted by Gasteiger charge is 2.12. The van der Waals surface area contributed by atoms with Gasteiger partial charge in [-0.25, -0.2) is 8.42 Å². The lowest BCUT2D eigenvalue weighted by molar-refractivity contribution is 0.609. The van der Waals surface area contributed by atoms with Crippen molar-refractivity contribution in [3.63, 3.8) is 0 Å². The van der Waals surface area contributed by atoms with E-state index in [0.29, 0.717) is 6.54 Å². The van der Waals surface area contributed by atoms with E-state index in [9.17, 15) is 8.42 Å². The van der Waals surface area contributed by atoms with Gasteiger partial charge in [0.05, 0.1) is 12.7 Å². The van der Waals surface area contributed by atoms with Gasteiger partial charge in [-0.2, -0.15) is 5.10 Å². The van der Waals surface area contributed by atoms with E-state index in [1.54, 1.807) is 0 Å². The predicted molar refractivity (Wildman–Crippen MR) is 54.9 cm³/mol. The van der Waals surface area contributed by atoms with Crippen LogP contribution in [0.1, 0.15) is 6.92 Å². The summed E-state index contributed by atoms with van der Waals surface area (Å²) in [7, 11) is 1.43. The van der Waals surface area contributed by atoms with Crippen molar-refractivity contribution in [1.82, 2.24) is 9.78 Å². The van der Waals surface area contributed by atoms with E-state index in [1.165, 1.54) is 22.6 Å². The minimum atomic E-state index is -3.69. The average Bonchev–Trinajstić information content (AvgIpc) is 2.51. The first-order valence-corrected chi connectivity index (χ1v) is 6.41. The van der Waals surface area contributed by atoms with Gasteiger partial charge in [0.1, 0.15) is 4.90 Å². The molecule has 1 rings (SSSR count). The molecular weight excluding hydrogens is 247 g/mol. The molecule has 0 atom stereocenters. The Hall–Kier alpha value is -0.520. The lowest BCUT2D eigenvalue weighted by Gasteiger charge is -1.98. The molecule has 0 fully saturated rings. The molecule has 0 amide bonds. The van der Waals surface area contributed by atoms with Crippen molar-refractivity contribution in [2.24, 2.45) is 0 Å². The van der Waals surface area contributed by atoms with Crippen molar-refractivity contribution in [3.8, 4) is 0 Å². The van der Waals surface area contributed by atoms with Gasteiger partial charge in [-0.1, -0.05) is 11.6 Å². The molecule has 0 aromatic carbocycles. The third-order valence-corrected chi connectivity index (χ3v) is 3.17. The summed E-state index contributed by atoms with van der Waals surface area (Å²) in [6, 6.07) is 0. The third kappa shape index (κ3) is 3.01. The second kappa shape index (κ2) is 4.33. The van der Waals surface area contributed by atoms with Crippen molar-refractivity contribution >= 4 is 31.3 Å². The van der Waals surface area contributed by atoms with Gasteiger partial charge in [0.25, 0.3) is 9.05 Å². The van der Waals surface area contributed by atoms with E-state index >= 15 is 0 Å². The minimum absolute atomic E-state index is 0.0125. The zero-order valence-corrected chi connectivity index (χ0v) is 9.64. The van der Waals surface area contributed by atoms with Crippen LogP contribution < -0.4 is 0 Å². The van der Waals surface area contributed by atoms with Crippen molar-refractivity contribution in [2.45, 2.75) is 18.4 Å². The molecule has 78 valence electrons. The second-order valence-electron chi connectivity index (χ2n) is 2.77. The standard InChI is InChI=1S/C7H8Cl2N2O2S/c1-6(2-8)4-11-5-7(3-10-11)14(9,12)13/h2-3,5H,4H2,1H3/b6-2-. The maximum absolute atomic E-state index is 10.9. The molecule has 1 heterocycles. The minimum Gasteiger partial charge on any atom is -0.267 e. The van der Waals surface area contributed by atoms with Gasteiger partial charge in [0.15, 0.2) is 0 Å². The number of hydrogen-bond acceptors (Lipinski definition) is 3. The number of aromatic nitrogens is 2. The number of nitrogens with zero attached hydrogens (tertiary/aromatic N) is 2. The van der Waals surface area contributed by atoms with Crippen LogP contribution in [0.3, 0.4) is 0 Å². The van der Waals surface area contributed by atoms with Crippen LogP contribution in [0.4, 0.5) is 0 Å². The fourth-order valence-corrected chi connectivity index (χ4v) is 1.58. The highest BCUT2D eigenvalue weighted by molar-refractivity contribution is 8.13.